The molecule has 1 heterocycles. The zero-order valence-corrected chi connectivity index (χ0v) is 10.6. The van der Waals surface area contributed by atoms with Gasteiger partial charge in [0.15, 0.2) is 9.84 Å². The maximum absolute atomic E-state index is 11.2. The molecule has 0 aromatic heterocycles. The highest BCUT2D eigenvalue weighted by Crippen LogP contribution is 2.17. The van der Waals surface area contributed by atoms with Gasteiger partial charge in [-0.15, -0.1) is 0 Å². The summed E-state index contributed by atoms with van der Waals surface area (Å²) in [6.45, 7) is 3.43. The molecular formula is C11H22N2O2S. The molecule has 1 aliphatic carbocycles. The molecule has 0 unspecified atom stereocenters. The van der Waals surface area contributed by atoms with Crippen molar-refractivity contribution in [3.8, 4) is 0 Å². The van der Waals surface area contributed by atoms with Gasteiger partial charge in [-0.2, -0.15) is 0 Å². The molecule has 0 radical (unpaired) electrons. The van der Waals surface area contributed by atoms with Crippen LogP contribution < -0.4 is 5.32 Å². The number of hydrogen-bond donors (Lipinski definition) is 1. The van der Waals surface area contributed by atoms with E-state index in [9.17, 15) is 8.42 Å². The van der Waals surface area contributed by atoms with Crippen LogP contribution in [0, 0.1) is 0 Å². The van der Waals surface area contributed by atoms with Gasteiger partial charge in [0, 0.05) is 32.2 Å². The van der Waals surface area contributed by atoms with E-state index < -0.39 is 9.84 Å². The highest BCUT2D eigenvalue weighted by Gasteiger charge is 2.21. The Morgan fingerprint density at radius 2 is 1.75 bits per heavy atom. The molecule has 2 rings (SSSR count). The molecule has 0 atom stereocenters. The van der Waals surface area contributed by atoms with Crippen molar-refractivity contribution in [1.82, 2.24) is 10.2 Å². The largest absolute Gasteiger partial charge is 0.313 e. The van der Waals surface area contributed by atoms with Crippen LogP contribution in [0.1, 0.15) is 25.7 Å². The summed E-state index contributed by atoms with van der Waals surface area (Å²) in [5.74, 6) is 0.687. The Bertz CT molecular complexity index is 296. The first-order valence-electron chi connectivity index (χ1n) is 6.32. The van der Waals surface area contributed by atoms with Crippen LogP contribution in [-0.2, 0) is 9.84 Å². The van der Waals surface area contributed by atoms with Gasteiger partial charge in [0.2, 0.25) is 0 Å². The van der Waals surface area contributed by atoms with Gasteiger partial charge in [-0.25, -0.2) is 8.42 Å². The second-order valence-corrected chi connectivity index (χ2v) is 7.23. The molecule has 1 saturated carbocycles. The molecule has 1 aliphatic heterocycles. The monoisotopic (exact) mass is 246 g/mol. The van der Waals surface area contributed by atoms with Gasteiger partial charge in [0.1, 0.15) is 0 Å². The van der Waals surface area contributed by atoms with Crippen LogP contribution in [-0.4, -0.2) is 57.0 Å². The number of sulfone groups is 1. The van der Waals surface area contributed by atoms with Gasteiger partial charge in [-0.05, 0) is 12.8 Å². The summed E-state index contributed by atoms with van der Waals surface area (Å²) in [6, 6.07) is 0.716. The molecule has 0 aromatic carbocycles. The van der Waals surface area contributed by atoms with Crippen LogP contribution >= 0.6 is 0 Å². The quantitative estimate of drug-likeness (QED) is 0.772. The zero-order valence-electron chi connectivity index (χ0n) is 9.82. The van der Waals surface area contributed by atoms with Crippen molar-refractivity contribution < 1.29 is 8.42 Å². The zero-order chi connectivity index (χ0) is 11.4. The molecule has 0 aromatic rings. The molecule has 0 spiro atoms. The molecule has 1 saturated heterocycles. The third kappa shape index (κ3) is 3.71. The predicted molar refractivity (Wildman–Crippen MR) is 65.4 cm³/mol. The summed E-state index contributed by atoms with van der Waals surface area (Å²) < 4.78 is 22.5. The molecule has 0 bridgehead atoms. The number of nitrogens with zero attached hydrogens (tertiary/aromatic N) is 1. The topological polar surface area (TPSA) is 49.4 Å². The highest BCUT2D eigenvalue weighted by atomic mass is 32.2. The fourth-order valence-electron chi connectivity index (χ4n) is 2.53. The van der Waals surface area contributed by atoms with Crippen LogP contribution in [0.4, 0.5) is 0 Å². The lowest BCUT2D eigenvalue weighted by Crippen LogP contribution is -2.44. The third-order valence-corrected chi connectivity index (χ3v) is 5.26. The van der Waals surface area contributed by atoms with E-state index in [0.29, 0.717) is 30.6 Å². The Morgan fingerprint density at radius 1 is 1.12 bits per heavy atom. The SMILES string of the molecule is O=S1(=O)CCN(CCNC2CCCC2)CC1. The highest BCUT2D eigenvalue weighted by molar-refractivity contribution is 7.91. The average molecular weight is 246 g/mol. The normalized spacial score (nSPS) is 27.2. The molecule has 2 aliphatic rings. The molecule has 16 heavy (non-hydrogen) atoms. The van der Waals surface area contributed by atoms with E-state index >= 15 is 0 Å². The minimum atomic E-state index is -2.72. The number of nitrogens with one attached hydrogen (secondary N) is 1. The van der Waals surface area contributed by atoms with Crippen LogP contribution in [0.2, 0.25) is 0 Å². The molecule has 0 amide bonds. The second-order valence-electron chi connectivity index (χ2n) is 4.93. The molecule has 5 heteroatoms. The summed E-state index contributed by atoms with van der Waals surface area (Å²) in [4.78, 5) is 2.25. The van der Waals surface area contributed by atoms with Gasteiger partial charge >= 0.3 is 0 Å². The van der Waals surface area contributed by atoms with Crippen LogP contribution in [0.25, 0.3) is 0 Å². The first kappa shape index (κ1) is 12.3. The molecule has 1 N–H and O–H groups in total. The van der Waals surface area contributed by atoms with Crippen molar-refractivity contribution in [3.05, 3.63) is 0 Å². The standard InChI is InChI=1S/C11H22N2O2S/c14-16(15)9-7-13(8-10-16)6-5-12-11-3-1-2-4-11/h11-12H,1-10H2. The summed E-state index contributed by atoms with van der Waals surface area (Å²) >= 11 is 0. The van der Waals surface area contributed by atoms with Crippen molar-refractivity contribution in [2.45, 2.75) is 31.7 Å². The van der Waals surface area contributed by atoms with Gasteiger partial charge in [0.05, 0.1) is 11.5 Å². The van der Waals surface area contributed by atoms with E-state index in [4.69, 9.17) is 0 Å². The smallest absolute Gasteiger partial charge is 0.152 e. The van der Waals surface area contributed by atoms with Gasteiger partial charge in [-0.1, -0.05) is 12.8 Å². The lowest BCUT2D eigenvalue weighted by Gasteiger charge is -2.27. The fraction of sp³-hybridized carbons (Fsp3) is 1.00. The Labute approximate surface area is 98.3 Å². The van der Waals surface area contributed by atoms with E-state index in [1.165, 1.54) is 25.7 Å². The summed E-state index contributed by atoms with van der Waals surface area (Å²) in [5.41, 5.74) is 0. The maximum atomic E-state index is 11.2. The Balaban J connectivity index is 1.60. The Hall–Kier alpha value is -0.130. The van der Waals surface area contributed by atoms with Crippen molar-refractivity contribution in [1.29, 1.82) is 0 Å². The van der Waals surface area contributed by atoms with Crippen LogP contribution in [0.3, 0.4) is 0 Å². The van der Waals surface area contributed by atoms with E-state index in [1.807, 2.05) is 0 Å². The van der Waals surface area contributed by atoms with Crippen LogP contribution in [0.15, 0.2) is 0 Å². The summed E-state index contributed by atoms with van der Waals surface area (Å²) in [7, 11) is -2.72. The predicted octanol–water partition coefficient (Wildman–Crippen LogP) is 0.249. The van der Waals surface area contributed by atoms with Gasteiger partial charge in [-0.3, -0.25) is 0 Å². The molecular weight excluding hydrogens is 224 g/mol. The Kier molecular flexibility index (Phi) is 4.21. The van der Waals surface area contributed by atoms with Crippen molar-refractivity contribution in [2.75, 3.05) is 37.7 Å². The molecule has 94 valence electrons. The van der Waals surface area contributed by atoms with Crippen LogP contribution in [0.5, 0.6) is 0 Å². The van der Waals surface area contributed by atoms with Gasteiger partial charge in [0.25, 0.3) is 0 Å². The summed E-state index contributed by atoms with van der Waals surface area (Å²) in [5, 5.41) is 3.56. The lowest BCUT2D eigenvalue weighted by atomic mass is 10.2. The first-order valence-corrected chi connectivity index (χ1v) is 8.14. The molecule has 4 nitrogen and oxygen atoms in total. The van der Waals surface area contributed by atoms with Crippen molar-refractivity contribution in [3.63, 3.8) is 0 Å². The number of rotatable bonds is 4. The van der Waals surface area contributed by atoms with Gasteiger partial charge < -0.3 is 10.2 Å². The lowest BCUT2D eigenvalue weighted by molar-refractivity contribution is 0.289. The second kappa shape index (κ2) is 5.47. The maximum Gasteiger partial charge on any atom is 0.152 e. The Morgan fingerprint density at radius 3 is 2.38 bits per heavy atom. The summed E-state index contributed by atoms with van der Waals surface area (Å²) in [6.07, 6.45) is 5.35. The fourth-order valence-corrected chi connectivity index (χ4v) is 3.81. The van der Waals surface area contributed by atoms with Crippen molar-refractivity contribution in [2.24, 2.45) is 0 Å². The average Bonchev–Trinajstić information content (AvgIpc) is 2.73. The minimum Gasteiger partial charge on any atom is -0.313 e. The third-order valence-electron chi connectivity index (χ3n) is 3.65. The minimum absolute atomic E-state index is 0.344. The van der Waals surface area contributed by atoms with E-state index in [1.54, 1.807) is 0 Å². The van der Waals surface area contributed by atoms with E-state index in [0.717, 1.165) is 13.1 Å². The van der Waals surface area contributed by atoms with E-state index in [-0.39, 0.29) is 0 Å². The molecule has 2 fully saturated rings. The van der Waals surface area contributed by atoms with Crippen molar-refractivity contribution >= 4 is 9.84 Å². The first-order chi connectivity index (χ1) is 7.66. The van der Waals surface area contributed by atoms with E-state index in [2.05, 4.69) is 10.2 Å². The number of hydrogen-bond acceptors (Lipinski definition) is 4.